The highest BCUT2D eigenvalue weighted by Crippen LogP contribution is 2.30. The average molecular weight is 235 g/mol. The van der Waals surface area contributed by atoms with Crippen LogP contribution >= 0.6 is 0 Å². The molecule has 1 aromatic rings. The summed E-state index contributed by atoms with van der Waals surface area (Å²) in [7, 11) is 0. The van der Waals surface area contributed by atoms with Crippen LogP contribution in [0.4, 0.5) is 4.79 Å². The molecule has 6 nitrogen and oxygen atoms in total. The fourth-order valence-electron chi connectivity index (χ4n) is 1.47. The molecule has 0 radical (unpaired) electrons. The predicted octanol–water partition coefficient (Wildman–Crippen LogP) is 0.850. The molecule has 6 heteroatoms. The van der Waals surface area contributed by atoms with Crippen molar-refractivity contribution in [2.24, 2.45) is 10.8 Å². The number of hydrogen-bond donors (Lipinski definition) is 2. The molecule has 0 aliphatic carbocycles. The number of nitrogens with zero attached hydrogens (tertiary/aromatic N) is 1. The largest absolute Gasteiger partial charge is 0.486 e. The first kappa shape index (κ1) is 11.3. The summed E-state index contributed by atoms with van der Waals surface area (Å²) in [6, 6.07) is 4.78. The first-order valence-electron chi connectivity index (χ1n) is 5.16. The van der Waals surface area contributed by atoms with Gasteiger partial charge in [0.2, 0.25) is 0 Å². The van der Waals surface area contributed by atoms with Gasteiger partial charge in [0, 0.05) is 5.56 Å². The minimum absolute atomic E-state index is 0.534. The maximum Gasteiger partial charge on any atom is 0.332 e. The number of hydrazone groups is 1. The van der Waals surface area contributed by atoms with Gasteiger partial charge in [-0.25, -0.2) is 10.2 Å². The number of benzene rings is 1. The van der Waals surface area contributed by atoms with Gasteiger partial charge >= 0.3 is 6.03 Å². The van der Waals surface area contributed by atoms with Crippen molar-refractivity contribution in [3.05, 3.63) is 23.8 Å². The normalized spacial score (nSPS) is 14.3. The van der Waals surface area contributed by atoms with Crippen molar-refractivity contribution in [2.45, 2.75) is 6.92 Å². The molecule has 2 rings (SSSR count). The van der Waals surface area contributed by atoms with E-state index in [1.165, 1.54) is 0 Å². The highest BCUT2D eigenvalue weighted by Gasteiger charge is 2.12. The van der Waals surface area contributed by atoms with Crippen LogP contribution in [0.25, 0.3) is 0 Å². The number of nitrogens with two attached hydrogens (primary N) is 1. The number of amides is 2. The van der Waals surface area contributed by atoms with E-state index in [-0.39, 0.29) is 0 Å². The van der Waals surface area contributed by atoms with Crippen LogP contribution in [0.2, 0.25) is 0 Å². The maximum atomic E-state index is 10.5. The summed E-state index contributed by atoms with van der Waals surface area (Å²) in [5.41, 5.74) is 8.58. The zero-order valence-electron chi connectivity index (χ0n) is 9.40. The van der Waals surface area contributed by atoms with Crippen LogP contribution in [0, 0.1) is 0 Å². The van der Waals surface area contributed by atoms with Crippen molar-refractivity contribution < 1.29 is 14.3 Å². The SMILES string of the molecule is C/C(=N/NC(N)=O)c1ccc2c(c1)OCCO2. The van der Waals surface area contributed by atoms with Gasteiger partial charge in [-0.3, -0.25) is 0 Å². The predicted molar refractivity (Wildman–Crippen MR) is 62.4 cm³/mol. The molecule has 0 fully saturated rings. The van der Waals surface area contributed by atoms with E-state index < -0.39 is 6.03 Å². The monoisotopic (exact) mass is 235 g/mol. The fourth-order valence-corrected chi connectivity index (χ4v) is 1.47. The van der Waals surface area contributed by atoms with Crippen LogP contribution in [0.5, 0.6) is 11.5 Å². The van der Waals surface area contributed by atoms with Gasteiger partial charge in [0.1, 0.15) is 13.2 Å². The van der Waals surface area contributed by atoms with E-state index in [2.05, 4.69) is 10.5 Å². The van der Waals surface area contributed by atoms with E-state index in [1.807, 2.05) is 18.2 Å². The summed E-state index contributed by atoms with van der Waals surface area (Å²) in [6.07, 6.45) is 0. The van der Waals surface area contributed by atoms with Crippen LogP contribution in [0.3, 0.4) is 0 Å². The number of hydrogen-bond acceptors (Lipinski definition) is 4. The molecule has 90 valence electrons. The number of carbonyl (C=O) groups is 1. The lowest BCUT2D eigenvalue weighted by Crippen LogP contribution is -2.25. The Morgan fingerprint density at radius 2 is 2.06 bits per heavy atom. The summed E-state index contributed by atoms with van der Waals surface area (Å²) in [5, 5.41) is 3.84. The number of nitrogens with one attached hydrogen (secondary N) is 1. The van der Waals surface area contributed by atoms with Gasteiger partial charge in [0.25, 0.3) is 0 Å². The van der Waals surface area contributed by atoms with Crippen LogP contribution in [-0.2, 0) is 0 Å². The summed E-state index contributed by atoms with van der Waals surface area (Å²) >= 11 is 0. The number of urea groups is 1. The van der Waals surface area contributed by atoms with Crippen molar-refractivity contribution >= 4 is 11.7 Å². The smallest absolute Gasteiger partial charge is 0.332 e. The molecule has 1 aromatic carbocycles. The first-order valence-corrected chi connectivity index (χ1v) is 5.16. The molecule has 0 spiro atoms. The number of rotatable bonds is 2. The van der Waals surface area contributed by atoms with E-state index in [4.69, 9.17) is 15.2 Å². The molecule has 0 bridgehead atoms. The molecule has 0 saturated carbocycles. The number of fused-ring (bicyclic) bond motifs is 1. The summed E-state index contributed by atoms with van der Waals surface area (Å²) in [5.74, 6) is 1.40. The highest BCUT2D eigenvalue weighted by atomic mass is 16.6. The second-order valence-corrected chi connectivity index (χ2v) is 3.53. The van der Waals surface area contributed by atoms with E-state index in [1.54, 1.807) is 6.92 Å². The Kier molecular flexibility index (Phi) is 3.13. The number of ether oxygens (including phenoxy) is 2. The molecule has 0 unspecified atom stereocenters. The van der Waals surface area contributed by atoms with Crippen LogP contribution in [0.1, 0.15) is 12.5 Å². The topological polar surface area (TPSA) is 85.9 Å². The highest BCUT2D eigenvalue weighted by molar-refractivity contribution is 5.99. The van der Waals surface area contributed by atoms with E-state index in [0.29, 0.717) is 24.7 Å². The van der Waals surface area contributed by atoms with Gasteiger partial charge < -0.3 is 15.2 Å². The van der Waals surface area contributed by atoms with E-state index in [9.17, 15) is 4.79 Å². The fraction of sp³-hybridized carbons (Fsp3) is 0.273. The molecule has 0 atom stereocenters. The number of primary amides is 1. The van der Waals surface area contributed by atoms with E-state index in [0.717, 1.165) is 11.3 Å². The van der Waals surface area contributed by atoms with Gasteiger partial charge in [-0.2, -0.15) is 5.10 Å². The Morgan fingerprint density at radius 3 is 2.76 bits per heavy atom. The second-order valence-electron chi connectivity index (χ2n) is 3.53. The molecular formula is C11H13N3O3. The third kappa shape index (κ3) is 2.66. The van der Waals surface area contributed by atoms with Crippen molar-refractivity contribution in [3.63, 3.8) is 0 Å². The number of carbonyl (C=O) groups excluding carboxylic acids is 1. The Morgan fingerprint density at radius 1 is 1.35 bits per heavy atom. The Bertz CT molecular complexity index is 471. The molecule has 1 aliphatic rings. The first-order chi connectivity index (χ1) is 8.16. The molecule has 1 aliphatic heterocycles. The lowest BCUT2D eigenvalue weighted by atomic mass is 10.1. The quantitative estimate of drug-likeness (QED) is 0.588. The van der Waals surface area contributed by atoms with Crippen molar-refractivity contribution in [1.29, 1.82) is 0 Å². The summed E-state index contributed by atoms with van der Waals surface area (Å²) < 4.78 is 10.8. The second kappa shape index (κ2) is 4.73. The van der Waals surface area contributed by atoms with Gasteiger partial charge in [-0.15, -0.1) is 0 Å². The Labute approximate surface area is 98.4 Å². The van der Waals surface area contributed by atoms with Gasteiger partial charge in [-0.1, -0.05) is 0 Å². The van der Waals surface area contributed by atoms with Gasteiger partial charge in [-0.05, 0) is 25.1 Å². The Balaban J connectivity index is 2.21. The van der Waals surface area contributed by atoms with Crippen molar-refractivity contribution in [3.8, 4) is 11.5 Å². The van der Waals surface area contributed by atoms with Gasteiger partial charge in [0.05, 0.1) is 5.71 Å². The molecule has 17 heavy (non-hydrogen) atoms. The van der Waals surface area contributed by atoms with Crippen molar-refractivity contribution in [2.75, 3.05) is 13.2 Å². The summed E-state index contributed by atoms with van der Waals surface area (Å²) in [4.78, 5) is 10.5. The zero-order chi connectivity index (χ0) is 12.3. The molecule has 3 N–H and O–H groups in total. The van der Waals surface area contributed by atoms with Gasteiger partial charge in [0.15, 0.2) is 11.5 Å². The standard InChI is InChI=1S/C11H13N3O3/c1-7(13-14-11(12)15)8-2-3-9-10(6-8)17-5-4-16-9/h2-3,6H,4-5H2,1H3,(H3,12,14,15)/b13-7-. The van der Waals surface area contributed by atoms with Crippen LogP contribution < -0.4 is 20.6 Å². The minimum Gasteiger partial charge on any atom is -0.486 e. The zero-order valence-corrected chi connectivity index (χ0v) is 9.40. The Hall–Kier alpha value is -2.24. The summed E-state index contributed by atoms with van der Waals surface area (Å²) in [6.45, 7) is 2.86. The van der Waals surface area contributed by atoms with Crippen LogP contribution in [0.15, 0.2) is 23.3 Å². The molecule has 1 heterocycles. The third-order valence-corrected chi connectivity index (χ3v) is 2.29. The molecule has 0 saturated heterocycles. The molecule has 2 amide bonds. The maximum absolute atomic E-state index is 10.5. The minimum atomic E-state index is -0.693. The lowest BCUT2D eigenvalue weighted by molar-refractivity contribution is 0.171. The molecular weight excluding hydrogens is 222 g/mol. The van der Waals surface area contributed by atoms with E-state index >= 15 is 0 Å². The van der Waals surface area contributed by atoms with Crippen LogP contribution in [-0.4, -0.2) is 25.0 Å². The molecule has 0 aromatic heterocycles. The average Bonchev–Trinajstić information content (AvgIpc) is 2.35. The van der Waals surface area contributed by atoms with Crippen molar-refractivity contribution in [1.82, 2.24) is 5.43 Å². The third-order valence-electron chi connectivity index (χ3n) is 2.29. The lowest BCUT2D eigenvalue weighted by Gasteiger charge is -2.18.